The van der Waals surface area contributed by atoms with Gasteiger partial charge in [0.15, 0.2) is 5.78 Å². The third-order valence-electron chi connectivity index (χ3n) is 1.82. The van der Waals surface area contributed by atoms with Crippen molar-refractivity contribution in [2.75, 3.05) is 23.5 Å². The van der Waals surface area contributed by atoms with Crippen molar-refractivity contribution in [2.45, 2.75) is 0 Å². The molecule has 1 aromatic heterocycles. The molecule has 96 valence electrons. The average Bonchev–Trinajstić information content (AvgIpc) is 2.61. The van der Waals surface area contributed by atoms with Crippen LogP contribution in [0.1, 0.15) is 9.67 Å². The third kappa shape index (κ3) is 5.76. The molecule has 0 bridgehead atoms. The Morgan fingerprint density at radius 3 is 2.59 bits per heavy atom. The van der Waals surface area contributed by atoms with Gasteiger partial charge in [-0.3, -0.25) is 9.00 Å². The highest BCUT2D eigenvalue weighted by Gasteiger charge is 2.14. The summed E-state index contributed by atoms with van der Waals surface area (Å²) >= 11 is 6.80. The van der Waals surface area contributed by atoms with Crippen LogP contribution >= 0.6 is 22.9 Å². The second-order valence-corrected chi connectivity index (χ2v) is 9.00. The highest BCUT2D eigenvalue weighted by molar-refractivity contribution is 7.92. The van der Waals surface area contributed by atoms with E-state index in [-0.39, 0.29) is 23.0 Å². The second-order valence-electron chi connectivity index (χ2n) is 3.45. The summed E-state index contributed by atoms with van der Waals surface area (Å²) in [5.74, 6) is -0.609. The Balaban J connectivity index is 2.50. The van der Waals surface area contributed by atoms with Crippen LogP contribution in [0.5, 0.6) is 0 Å². The minimum atomic E-state index is -3.14. The number of hydrogen-bond acceptors (Lipinski definition) is 5. The van der Waals surface area contributed by atoms with Crippen molar-refractivity contribution in [3.8, 4) is 0 Å². The van der Waals surface area contributed by atoms with Crippen LogP contribution < -0.4 is 0 Å². The van der Waals surface area contributed by atoms with Crippen LogP contribution in [-0.4, -0.2) is 41.9 Å². The molecule has 1 heterocycles. The molecule has 0 spiro atoms. The Morgan fingerprint density at radius 2 is 2.12 bits per heavy atom. The molecular formula is C9H11ClO4S3. The molecule has 0 aliphatic heterocycles. The van der Waals surface area contributed by atoms with E-state index in [1.807, 2.05) is 0 Å². The summed E-state index contributed by atoms with van der Waals surface area (Å²) in [4.78, 5) is 12.0. The van der Waals surface area contributed by atoms with E-state index in [0.717, 1.165) is 17.6 Å². The number of rotatable bonds is 6. The van der Waals surface area contributed by atoms with Crippen molar-refractivity contribution in [1.82, 2.24) is 0 Å². The zero-order chi connectivity index (χ0) is 13.1. The molecule has 0 saturated carbocycles. The normalized spacial score (nSPS) is 13.5. The first-order valence-corrected chi connectivity index (χ1v) is 9.33. The summed E-state index contributed by atoms with van der Waals surface area (Å²) < 4.78 is 33.7. The molecule has 0 fully saturated rings. The minimum Gasteiger partial charge on any atom is -0.292 e. The average molecular weight is 315 g/mol. The number of halogens is 1. The number of hydrogen-bond donors (Lipinski definition) is 0. The lowest BCUT2D eigenvalue weighted by Gasteiger charge is -1.99. The molecule has 1 atom stereocenters. The summed E-state index contributed by atoms with van der Waals surface area (Å²) in [5.41, 5.74) is 0. The van der Waals surface area contributed by atoms with Crippen molar-refractivity contribution in [3.05, 3.63) is 21.3 Å². The van der Waals surface area contributed by atoms with Gasteiger partial charge in [0, 0.05) is 22.8 Å². The van der Waals surface area contributed by atoms with E-state index in [9.17, 15) is 17.4 Å². The zero-order valence-corrected chi connectivity index (χ0v) is 12.2. The molecule has 0 aliphatic carbocycles. The standard InChI is InChI=1S/C9H11ClO4S3/c1-17(13,14)5-4-16(12)6-7(11)8-2-3-9(10)15-8/h2-3H,4-6H2,1H3. The number of ketones is 1. The molecule has 17 heavy (non-hydrogen) atoms. The van der Waals surface area contributed by atoms with E-state index in [2.05, 4.69) is 0 Å². The molecule has 0 aliphatic rings. The predicted molar refractivity (Wildman–Crippen MR) is 71.2 cm³/mol. The van der Waals surface area contributed by atoms with Gasteiger partial charge in [-0.05, 0) is 12.1 Å². The van der Waals surface area contributed by atoms with E-state index in [4.69, 9.17) is 11.6 Å². The van der Waals surface area contributed by atoms with Crippen LogP contribution in [0.25, 0.3) is 0 Å². The van der Waals surface area contributed by atoms with Crippen molar-refractivity contribution >= 4 is 49.4 Å². The quantitative estimate of drug-likeness (QED) is 0.744. The highest BCUT2D eigenvalue weighted by atomic mass is 35.5. The lowest BCUT2D eigenvalue weighted by molar-refractivity contribution is 0.102. The van der Waals surface area contributed by atoms with Gasteiger partial charge in [-0.1, -0.05) is 11.6 Å². The third-order valence-corrected chi connectivity index (χ3v) is 5.54. The van der Waals surface area contributed by atoms with Gasteiger partial charge in [-0.25, -0.2) is 8.42 Å². The summed E-state index contributed by atoms with van der Waals surface area (Å²) in [6.07, 6.45) is 1.07. The molecule has 1 aromatic rings. The van der Waals surface area contributed by atoms with Crippen molar-refractivity contribution in [1.29, 1.82) is 0 Å². The van der Waals surface area contributed by atoms with Gasteiger partial charge >= 0.3 is 0 Å². The number of carbonyl (C=O) groups is 1. The Hall–Kier alpha value is -0.240. The lowest BCUT2D eigenvalue weighted by Crippen LogP contribution is -2.17. The summed E-state index contributed by atoms with van der Waals surface area (Å²) in [7, 11) is -4.59. The zero-order valence-electron chi connectivity index (χ0n) is 9.01. The fraction of sp³-hybridized carbons (Fsp3) is 0.444. The van der Waals surface area contributed by atoms with E-state index in [0.29, 0.717) is 9.21 Å². The van der Waals surface area contributed by atoms with Gasteiger partial charge in [-0.2, -0.15) is 0 Å². The van der Waals surface area contributed by atoms with Gasteiger partial charge in [0.1, 0.15) is 9.84 Å². The van der Waals surface area contributed by atoms with Gasteiger partial charge in [0.2, 0.25) is 0 Å². The van der Waals surface area contributed by atoms with Crippen molar-refractivity contribution in [3.63, 3.8) is 0 Å². The smallest absolute Gasteiger partial charge is 0.185 e. The van der Waals surface area contributed by atoms with Crippen LogP contribution in [-0.2, 0) is 20.6 Å². The minimum absolute atomic E-state index is 0.0102. The first kappa shape index (κ1) is 14.8. The Bertz CT molecular complexity index is 532. The Kier molecular flexibility index (Phi) is 5.30. The first-order chi connectivity index (χ1) is 7.78. The van der Waals surface area contributed by atoms with Crippen LogP contribution in [0, 0.1) is 0 Å². The molecule has 0 saturated heterocycles. The first-order valence-electron chi connectivity index (χ1n) is 4.59. The molecule has 4 nitrogen and oxygen atoms in total. The molecule has 1 rings (SSSR count). The molecule has 1 unspecified atom stereocenters. The number of Topliss-reactive ketones (excluding diaryl/α,β-unsaturated/α-hetero) is 1. The second kappa shape index (κ2) is 6.08. The largest absolute Gasteiger partial charge is 0.292 e. The maximum atomic E-state index is 11.6. The monoisotopic (exact) mass is 314 g/mol. The molecule has 0 N–H and O–H groups in total. The molecule has 0 aromatic carbocycles. The lowest BCUT2D eigenvalue weighted by atomic mass is 10.4. The molecule has 8 heteroatoms. The highest BCUT2D eigenvalue weighted by Crippen LogP contribution is 2.21. The predicted octanol–water partition coefficient (Wildman–Crippen LogP) is 1.38. The van der Waals surface area contributed by atoms with E-state index in [1.54, 1.807) is 12.1 Å². The fourth-order valence-electron chi connectivity index (χ4n) is 0.998. The summed E-state index contributed by atoms with van der Waals surface area (Å²) in [6, 6.07) is 3.17. The van der Waals surface area contributed by atoms with Gasteiger partial charge in [0.25, 0.3) is 0 Å². The summed E-state index contributed by atoms with van der Waals surface area (Å²) in [6.45, 7) is 0. The Morgan fingerprint density at radius 1 is 1.47 bits per heavy atom. The molecule has 0 radical (unpaired) electrons. The van der Waals surface area contributed by atoms with Gasteiger partial charge in [-0.15, -0.1) is 11.3 Å². The van der Waals surface area contributed by atoms with E-state index >= 15 is 0 Å². The van der Waals surface area contributed by atoms with Crippen molar-refractivity contribution < 1.29 is 17.4 Å². The summed E-state index contributed by atoms with van der Waals surface area (Å²) in [5, 5.41) is 0. The number of thiophene rings is 1. The maximum Gasteiger partial charge on any atom is 0.185 e. The maximum absolute atomic E-state index is 11.6. The molecular weight excluding hydrogens is 304 g/mol. The van der Waals surface area contributed by atoms with Crippen LogP contribution in [0.3, 0.4) is 0 Å². The van der Waals surface area contributed by atoms with E-state index in [1.165, 1.54) is 0 Å². The number of sulfone groups is 1. The van der Waals surface area contributed by atoms with Crippen LogP contribution in [0.15, 0.2) is 12.1 Å². The molecule has 0 amide bonds. The Labute approximate surface area is 111 Å². The topological polar surface area (TPSA) is 68.3 Å². The number of carbonyl (C=O) groups excluding carboxylic acids is 1. The fourth-order valence-corrected chi connectivity index (χ4v) is 4.62. The SMILES string of the molecule is CS(=O)(=O)CCS(=O)CC(=O)c1ccc(Cl)s1. The van der Waals surface area contributed by atoms with Crippen LogP contribution in [0.2, 0.25) is 4.34 Å². The van der Waals surface area contributed by atoms with Gasteiger partial charge in [0.05, 0.1) is 20.7 Å². The van der Waals surface area contributed by atoms with E-state index < -0.39 is 20.6 Å². The van der Waals surface area contributed by atoms with Crippen LogP contribution in [0.4, 0.5) is 0 Å². The van der Waals surface area contributed by atoms with Gasteiger partial charge < -0.3 is 0 Å². The van der Waals surface area contributed by atoms with Crippen molar-refractivity contribution in [2.24, 2.45) is 0 Å².